The maximum absolute atomic E-state index is 12.3. The van der Waals surface area contributed by atoms with Crippen LogP contribution < -0.4 is 5.32 Å². The minimum absolute atomic E-state index is 0.0669. The molecule has 0 bridgehead atoms. The number of rotatable bonds is 5. The molecule has 7 heteroatoms. The van der Waals surface area contributed by atoms with Gasteiger partial charge in [-0.1, -0.05) is 6.07 Å². The van der Waals surface area contributed by atoms with Crippen LogP contribution in [0.25, 0.3) is 5.95 Å². The van der Waals surface area contributed by atoms with E-state index in [2.05, 4.69) is 25.4 Å². The van der Waals surface area contributed by atoms with Crippen LogP contribution in [0.4, 0.5) is 0 Å². The van der Waals surface area contributed by atoms with Crippen molar-refractivity contribution in [2.24, 2.45) is 0 Å². The van der Waals surface area contributed by atoms with E-state index in [0.717, 1.165) is 34.0 Å². The SMILES string of the molecule is Cc1cc(C)nc(-n2nc(C)c(CC(=O)NCc3ccccn3)c2C)n1. The first-order valence-corrected chi connectivity index (χ1v) is 8.48. The first kappa shape index (κ1) is 17.7. The van der Waals surface area contributed by atoms with Crippen molar-refractivity contribution >= 4 is 5.91 Å². The van der Waals surface area contributed by atoms with Crippen LogP contribution in [0.3, 0.4) is 0 Å². The van der Waals surface area contributed by atoms with Crippen molar-refractivity contribution in [3.05, 3.63) is 64.5 Å². The molecule has 0 radical (unpaired) electrons. The third-order valence-electron chi connectivity index (χ3n) is 4.13. The van der Waals surface area contributed by atoms with Gasteiger partial charge < -0.3 is 5.32 Å². The van der Waals surface area contributed by atoms with Gasteiger partial charge in [0, 0.05) is 28.8 Å². The molecular formula is C19H22N6O. The number of carbonyl (C=O) groups is 1. The molecule has 0 atom stereocenters. The lowest BCUT2D eigenvalue weighted by Gasteiger charge is -2.07. The fraction of sp³-hybridized carbons (Fsp3) is 0.316. The normalized spacial score (nSPS) is 10.8. The van der Waals surface area contributed by atoms with Crippen molar-refractivity contribution in [3.8, 4) is 5.95 Å². The number of aromatic nitrogens is 5. The van der Waals surface area contributed by atoms with Crippen LogP contribution in [0.1, 0.15) is 34.0 Å². The van der Waals surface area contributed by atoms with E-state index in [4.69, 9.17) is 0 Å². The largest absolute Gasteiger partial charge is 0.350 e. The zero-order valence-corrected chi connectivity index (χ0v) is 15.4. The highest BCUT2D eigenvalue weighted by atomic mass is 16.1. The van der Waals surface area contributed by atoms with Crippen LogP contribution in [0, 0.1) is 27.7 Å². The van der Waals surface area contributed by atoms with Crippen LogP contribution in [-0.2, 0) is 17.8 Å². The lowest BCUT2D eigenvalue weighted by molar-refractivity contribution is -0.120. The number of nitrogens with zero attached hydrogens (tertiary/aromatic N) is 5. The lowest BCUT2D eigenvalue weighted by Crippen LogP contribution is -2.25. The van der Waals surface area contributed by atoms with Gasteiger partial charge in [0.1, 0.15) is 0 Å². The summed E-state index contributed by atoms with van der Waals surface area (Å²) in [4.78, 5) is 25.5. The number of amides is 1. The predicted octanol–water partition coefficient (Wildman–Crippen LogP) is 2.15. The summed E-state index contributed by atoms with van der Waals surface area (Å²) in [6, 6.07) is 7.55. The molecule has 0 unspecified atom stereocenters. The minimum atomic E-state index is -0.0669. The van der Waals surface area contributed by atoms with E-state index in [0.29, 0.717) is 12.5 Å². The monoisotopic (exact) mass is 350 g/mol. The molecule has 3 heterocycles. The maximum atomic E-state index is 12.3. The summed E-state index contributed by atoms with van der Waals surface area (Å²) in [6.07, 6.45) is 1.97. The summed E-state index contributed by atoms with van der Waals surface area (Å²) in [7, 11) is 0. The average molecular weight is 350 g/mol. The number of carbonyl (C=O) groups excluding carboxylic acids is 1. The molecule has 7 nitrogen and oxygen atoms in total. The third kappa shape index (κ3) is 3.93. The zero-order valence-electron chi connectivity index (χ0n) is 15.4. The Bertz CT molecular complexity index is 912. The average Bonchev–Trinajstić information content (AvgIpc) is 2.88. The van der Waals surface area contributed by atoms with E-state index in [1.807, 2.05) is 52.0 Å². The molecule has 3 aromatic rings. The topological polar surface area (TPSA) is 85.6 Å². The Morgan fingerprint density at radius 2 is 1.85 bits per heavy atom. The molecule has 0 aliphatic rings. The standard InChI is InChI=1S/C19H22N6O/c1-12-9-13(2)23-19(22-12)25-15(4)17(14(3)24-25)10-18(26)21-11-16-7-5-6-8-20-16/h5-9H,10-11H2,1-4H3,(H,21,26). The van der Waals surface area contributed by atoms with Gasteiger partial charge in [-0.05, 0) is 45.9 Å². The molecular weight excluding hydrogens is 328 g/mol. The van der Waals surface area contributed by atoms with E-state index in [1.165, 1.54) is 0 Å². The van der Waals surface area contributed by atoms with Gasteiger partial charge >= 0.3 is 0 Å². The fourth-order valence-electron chi connectivity index (χ4n) is 2.84. The van der Waals surface area contributed by atoms with Gasteiger partial charge in [-0.25, -0.2) is 14.6 Å². The number of pyridine rings is 1. The van der Waals surface area contributed by atoms with E-state index < -0.39 is 0 Å². The van der Waals surface area contributed by atoms with Crippen molar-refractivity contribution < 1.29 is 4.79 Å². The molecule has 134 valence electrons. The lowest BCUT2D eigenvalue weighted by atomic mass is 10.1. The first-order valence-electron chi connectivity index (χ1n) is 8.48. The predicted molar refractivity (Wildman–Crippen MR) is 97.9 cm³/mol. The van der Waals surface area contributed by atoms with Gasteiger partial charge in [0.05, 0.1) is 24.4 Å². The second-order valence-electron chi connectivity index (χ2n) is 6.29. The Hall–Kier alpha value is -3.09. The molecule has 0 fully saturated rings. The van der Waals surface area contributed by atoms with Crippen LogP contribution in [-0.4, -0.2) is 30.6 Å². The summed E-state index contributed by atoms with van der Waals surface area (Å²) < 4.78 is 1.71. The smallest absolute Gasteiger partial charge is 0.251 e. The second-order valence-corrected chi connectivity index (χ2v) is 6.29. The molecule has 1 N–H and O–H groups in total. The molecule has 0 saturated heterocycles. The minimum Gasteiger partial charge on any atom is -0.350 e. The molecule has 0 spiro atoms. The van der Waals surface area contributed by atoms with Crippen molar-refractivity contribution in [1.82, 2.24) is 30.0 Å². The molecule has 0 aromatic carbocycles. The van der Waals surface area contributed by atoms with Gasteiger partial charge in [0.2, 0.25) is 5.91 Å². The van der Waals surface area contributed by atoms with Crippen LogP contribution in [0.15, 0.2) is 30.5 Å². The molecule has 0 saturated carbocycles. The van der Waals surface area contributed by atoms with Crippen molar-refractivity contribution in [1.29, 1.82) is 0 Å². The summed E-state index contributed by atoms with van der Waals surface area (Å²) in [5.41, 5.74) is 5.17. The highest BCUT2D eigenvalue weighted by molar-refractivity contribution is 5.79. The van der Waals surface area contributed by atoms with Gasteiger partial charge in [-0.3, -0.25) is 9.78 Å². The van der Waals surface area contributed by atoms with Crippen LogP contribution in [0.5, 0.6) is 0 Å². The van der Waals surface area contributed by atoms with Crippen molar-refractivity contribution in [3.63, 3.8) is 0 Å². The van der Waals surface area contributed by atoms with E-state index in [1.54, 1.807) is 10.9 Å². The number of nitrogens with one attached hydrogen (secondary N) is 1. The Morgan fingerprint density at radius 3 is 2.50 bits per heavy atom. The van der Waals surface area contributed by atoms with Gasteiger partial charge in [0.25, 0.3) is 5.95 Å². The molecule has 0 aliphatic heterocycles. The zero-order chi connectivity index (χ0) is 18.7. The Morgan fingerprint density at radius 1 is 1.12 bits per heavy atom. The van der Waals surface area contributed by atoms with Crippen LogP contribution >= 0.6 is 0 Å². The summed E-state index contributed by atoms with van der Waals surface area (Å²) in [6.45, 7) is 8.09. The van der Waals surface area contributed by atoms with Gasteiger partial charge in [-0.15, -0.1) is 0 Å². The molecule has 3 rings (SSSR count). The number of hydrogen-bond acceptors (Lipinski definition) is 5. The quantitative estimate of drug-likeness (QED) is 0.762. The summed E-state index contributed by atoms with van der Waals surface area (Å²) >= 11 is 0. The Labute approximate surface area is 152 Å². The van der Waals surface area contributed by atoms with Crippen molar-refractivity contribution in [2.45, 2.75) is 40.7 Å². The first-order chi connectivity index (χ1) is 12.4. The van der Waals surface area contributed by atoms with Gasteiger partial charge in [-0.2, -0.15) is 5.10 Å². The molecule has 26 heavy (non-hydrogen) atoms. The summed E-state index contributed by atoms with van der Waals surface area (Å²) in [5, 5.41) is 7.43. The highest BCUT2D eigenvalue weighted by Gasteiger charge is 2.17. The summed E-state index contributed by atoms with van der Waals surface area (Å²) in [5.74, 6) is 0.464. The van der Waals surface area contributed by atoms with Gasteiger partial charge in [0.15, 0.2) is 0 Å². The maximum Gasteiger partial charge on any atom is 0.251 e. The molecule has 1 amide bonds. The van der Waals surface area contributed by atoms with E-state index in [9.17, 15) is 4.79 Å². The molecule has 0 aliphatic carbocycles. The highest BCUT2D eigenvalue weighted by Crippen LogP contribution is 2.17. The Balaban J connectivity index is 1.76. The fourth-order valence-corrected chi connectivity index (χ4v) is 2.84. The number of hydrogen-bond donors (Lipinski definition) is 1. The number of aryl methyl sites for hydroxylation is 3. The molecule has 3 aromatic heterocycles. The third-order valence-corrected chi connectivity index (χ3v) is 4.13. The van der Waals surface area contributed by atoms with E-state index >= 15 is 0 Å². The second kappa shape index (κ2) is 7.43. The van der Waals surface area contributed by atoms with E-state index in [-0.39, 0.29) is 12.3 Å². The van der Waals surface area contributed by atoms with Crippen molar-refractivity contribution in [2.75, 3.05) is 0 Å². The Kier molecular flexibility index (Phi) is 5.06. The van der Waals surface area contributed by atoms with Crippen LogP contribution in [0.2, 0.25) is 0 Å².